The van der Waals surface area contributed by atoms with E-state index >= 15 is 0 Å². The zero-order chi connectivity index (χ0) is 71.2. The van der Waals surface area contributed by atoms with Gasteiger partial charge in [-0.1, -0.05) is 109 Å². The number of nitrogens with two attached hydrogens (primary N) is 3. The van der Waals surface area contributed by atoms with Crippen LogP contribution in [0.2, 0.25) is 0 Å². The summed E-state index contributed by atoms with van der Waals surface area (Å²) in [6.45, 7) is 0. The summed E-state index contributed by atoms with van der Waals surface area (Å²) >= 11 is 0. The lowest BCUT2D eigenvalue weighted by Gasteiger charge is -2.09. The van der Waals surface area contributed by atoms with Crippen LogP contribution in [0.15, 0.2) is 220 Å². The highest BCUT2D eigenvalue weighted by molar-refractivity contribution is 7.92. The Morgan fingerprint density at radius 3 is 0.990 bits per heavy atom. The van der Waals surface area contributed by atoms with Crippen molar-refractivity contribution in [3.8, 4) is 39.1 Å². The first-order chi connectivity index (χ1) is 47.1. The van der Waals surface area contributed by atoms with Gasteiger partial charge in [0.05, 0.1) is 58.2 Å². The minimum absolute atomic E-state index is 0.00682. The number of H-pyrrole nitrogens is 3. The molecule has 0 radical (unpaired) electrons. The number of nitrogens with one attached hydrogen (secondary N) is 3. The number of aromatic amines is 3. The van der Waals surface area contributed by atoms with Gasteiger partial charge < -0.3 is 19.7 Å². The van der Waals surface area contributed by atoms with Crippen LogP contribution in [0.25, 0.3) is 66.5 Å². The Kier molecular flexibility index (Phi) is 17.5. The van der Waals surface area contributed by atoms with Gasteiger partial charge in [-0.25, -0.2) is 64.0 Å². The molecule has 3 fully saturated rings. The van der Waals surface area contributed by atoms with Gasteiger partial charge in [0.1, 0.15) is 23.2 Å². The van der Waals surface area contributed by atoms with Crippen molar-refractivity contribution >= 4 is 73.0 Å². The number of aromatic nitrogens is 6. The van der Waals surface area contributed by atoms with E-state index in [1.807, 2.05) is 18.2 Å². The van der Waals surface area contributed by atoms with Crippen molar-refractivity contribution in [1.82, 2.24) is 29.9 Å². The molecule has 31 heteroatoms. The third kappa shape index (κ3) is 14.6. The summed E-state index contributed by atoms with van der Waals surface area (Å²) < 4.78 is 212. The van der Waals surface area contributed by atoms with Crippen LogP contribution < -0.4 is 20.2 Å². The molecule has 0 amide bonds. The van der Waals surface area contributed by atoms with Crippen molar-refractivity contribution in [2.24, 2.45) is 15.4 Å². The predicted octanol–water partition coefficient (Wildman–Crippen LogP) is 14.7. The second-order valence-electron chi connectivity index (χ2n) is 24.3. The van der Waals surface area contributed by atoms with Crippen LogP contribution in [0.1, 0.15) is 94.5 Å². The maximum absolute atomic E-state index is 12.8. The fourth-order valence-corrected chi connectivity index (χ4v) is 15.5. The summed E-state index contributed by atoms with van der Waals surface area (Å²) in [6.07, 6.45) is -6.75. The molecule has 6 unspecified atom stereocenters. The number of ether oxygens (including phenoxy) is 1. The number of rotatable bonds is 14. The number of nitrogens with zero attached hydrogens (tertiary/aromatic N) is 3. The van der Waals surface area contributed by atoms with E-state index in [0.717, 1.165) is 87.5 Å². The molecule has 0 aliphatic heterocycles. The zero-order valence-electron chi connectivity index (χ0n) is 51.4. The average molecular weight is 1450 g/mol. The molecule has 15 rings (SSSR count). The van der Waals surface area contributed by atoms with Crippen LogP contribution in [0.5, 0.6) is 5.75 Å². The monoisotopic (exact) mass is 1450 g/mol. The Balaban J connectivity index is 0.000000135. The first-order valence-electron chi connectivity index (χ1n) is 30.4. The molecule has 100 heavy (non-hydrogen) atoms. The van der Waals surface area contributed by atoms with Crippen molar-refractivity contribution in [2.45, 2.75) is 92.4 Å². The Labute approximate surface area is 564 Å². The number of alkyl halides is 9. The molecule has 12 aromatic rings. The molecule has 0 bridgehead atoms. The van der Waals surface area contributed by atoms with E-state index in [9.17, 15) is 73.2 Å². The van der Waals surface area contributed by atoms with Crippen molar-refractivity contribution in [3.63, 3.8) is 0 Å². The average Bonchev–Trinajstić information content (AvgIpc) is 1.67. The minimum atomic E-state index is -5.38. The number of benzene rings is 9. The van der Waals surface area contributed by atoms with E-state index in [2.05, 4.69) is 34.6 Å². The van der Waals surface area contributed by atoms with E-state index in [4.69, 9.17) is 15.4 Å². The van der Waals surface area contributed by atoms with Crippen molar-refractivity contribution in [2.75, 3.05) is 0 Å². The fraction of sp³-hybridized carbons (Fsp3) is 0.174. The summed E-state index contributed by atoms with van der Waals surface area (Å²) in [5.41, 5.74) is 4.32. The van der Waals surface area contributed by atoms with Gasteiger partial charge in [0, 0.05) is 34.4 Å². The zero-order valence-corrected chi connectivity index (χ0v) is 54.7. The van der Waals surface area contributed by atoms with Gasteiger partial charge in [0.2, 0.25) is 30.1 Å². The van der Waals surface area contributed by atoms with Crippen LogP contribution in [0.4, 0.5) is 39.5 Å². The Hall–Kier alpha value is -9.76. The summed E-state index contributed by atoms with van der Waals surface area (Å²) in [5.74, 6) is 2.44. The van der Waals surface area contributed by atoms with Crippen LogP contribution in [0, 0.1) is 0 Å². The highest BCUT2D eigenvalue weighted by atomic mass is 32.2. The van der Waals surface area contributed by atoms with Crippen LogP contribution in [0.3, 0.4) is 0 Å². The van der Waals surface area contributed by atoms with E-state index in [1.165, 1.54) is 54.6 Å². The SMILES string of the molecule is NS(=O)(=O)c1ccccc1-c1ccc2nc(C3CC3c3ccc(C(F)(F)F)cc3)[nH]c2c1.NS(=O)(=O)c1ccccc1-c1ccc2nc(C3CC3c3ccc(OC(F)(F)F)cc3)[nH]c2c1.NS(=O)(=O)c1ccccc1-c1ccc2nc(C3CC3c3ccc(S(=O)(=O)C(F)(F)F)cc3)[nH]c2c1. The Morgan fingerprint density at radius 2 is 0.690 bits per heavy atom. The highest BCUT2D eigenvalue weighted by Gasteiger charge is 2.48. The molecule has 3 aliphatic carbocycles. The molecule has 3 heterocycles. The van der Waals surface area contributed by atoms with Gasteiger partial charge in [-0.2, -0.15) is 26.3 Å². The lowest BCUT2D eigenvalue weighted by molar-refractivity contribution is -0.274. The van der Waals surface area contributed by atoms with E-state index in [-0.39, 0.29) is 55.9 Å². The molecule has 3 aliphatic rings. The van der Waals surface area contributed by atoms with Crippen molar-refractivity contribution < 1.29 is 77.9 Å². The maximum atomic E-state index is 12.8. The predicted molar refractivity (Wildman–Crippen MR) is 353 cm³/mol. The number of fused-ring (bicyclic) bond motifs is 3. The number of sulfonamides is 3. The van der Waals surface area contributed by atoms with Gasteiger partial charge in [0.25, 0.3) is 9.84 Å². The van der Waals surface area contributed by atoms with E-state index in [0.29, 0.717) is 56.7 Å². The molecule has 9 N–H and O–H groups in total. The van der Waals surface area contributed by atoms with Crippen LogP contribution in [-0.4, -0.2) is 75.4 Å². The molecule has 3 aromatic heterocycles. The number of sulfone groups is 1. The maximum Gasteiger partial charge on any atom is 0.573 e. The standard InChI is InChI=1S/C23H18F3N3O4S2.C23H18F3N3O3S.C23H18F3N3O2S/c24-23(25,26)34(30,31)15-8-5-13(6-9-15)17-12-18(17)22-28-19-10-7-14(11-20(19)29-22)16-3-1-2-4-21(16)35(27,32)33;24-23(25,26)32-15-8-5-13(6-9-15)17-12-18(17)22-28-19-10-7-14(11-20(19)29-22)16-3-1-2-4-21(16)33(27,30)31;24-23(25,26)15-8-5-13(6-9-15)17-12-18(17)22-28-19-10-7-14(11-20(19)29-22)16-3-1-2-4-21(16)32(27,30)31/h1-11,17-18H,12H2,(H,28,29)(H2,27,32,33);1-11,17-18H,12H2,(H,28,29)(H2,27,30,31);1-11,17-18H,12H2,(H,28,29)(H2,27,30,31). The lowest BCUT2D eigenvalue weighted by Crippen LogP contribution is -2.23. The van der Waals surface area contributed by atoms with Gasteiger partial charge in [-0.15, -0.1) is 13.2 Å². The number of imidazole rings is 3. The molecule has 9 aromatic carbocycles. The molecule has 0 saturated heterocycles. The van der Waals surface area contributed by atoms with Gasteiger partial charge in [-0.3, -0.25) is 0 Å². The first-order valence-corrected chi connectivity index (χ1v) is 36.5. The largest absolute Gasteiger partial charge is 0.573 e. The van der Waals surface area contributed by atoms with E-state index < -0.39 is 68.4 Å². The minimum Gasteiger partial charge on any atom is -0.406 e. The molecular weight excluding hydrogens is 1400 g/mol. The molecule has 516 valence electrons. The number of hydrogen-bond donors (Lipinski definition) is 6. The third-order valence-corrected chi connectivity index (χ3v) is 22.0. The molecule has 6 atom stereocenters. The van der Waals surface area contributed by atoms with Gasteiger partial charge >= 0.3 is 18.0 Å². The summed E-state index contributed by atoms with van der Waals surface area (Å²) in [7, 11) is -17.1. The summed E-state index contributed by atoms with van der Waals surface area (Å²) in [5, 5.41) is 16.1. The summed E-state index contributed by atoms with van der Waals surface area (Å²) in [6, 6.07) is 51.5. The van der Waals surface area contributed by atoms with E-state index in [1.54, 1.807) is 103 Å². The van der Waals surface area contributed by atoms with Crippen molar-refractivity contribution in [1.29, 1.82) is 0 Å². The normalized spacial score (nSPS) is 18.6. The van der Waals surface area contributed by atoms with Gasteiger partial charge in [0.15, 0.2) is 0 Å². The van der Waals surface area contributed by atoms with Crippen LogP contribution >= 0.6 is 0 Å². The second kappa shape index (κ2) is 25.4. The number of primary sulfonamides is 3. The lowest BCUT2D eigenvalue weighted by atomic mass is 10.1. The molecule has 0 spiro atoms. The first kappa shape index (κ1) is 68.8. The Morgan fingerprint density at radius 1 is 0.380 bits per heavy atom. The van der Waals surface area contributed by atoms with Gasteiger partial charge in [-0.05, 0) is 161 Å². The fourth-order valence-electron chi connectivity index (χ4n) is 12.4. The van der Waals surface area contributed by atoms with Crippen LogP contribution in [-0.2, 0) is 46.1 Å². The molecule has 18 nitrogen and oxygen atoms in total. The topological polar surface area (TPSA) is 310 Å². The number of halogens is 9. The smallest absolute Gasteiger partial charge is 0.406 e. The summed E-state index contributed by atoms with van der Waals surface area (Å²) in [4.78, 5) is 23.0. The second-order valence-corrected chi connectivity index (χ2v) is 30.8. The Bertz CT molecular complexity index is 5640. The third-order valence-electron chi connectivity index (χ3n) is 17.6. The number of hydrogen-bond acceptors (Lipinski definition) is 12. The molecular formula is C69H54F9N9O9S4. The quantitative estimate of drug-likeness (QED) is 0.0554. The highest BCUT2D eigenvalue weighted by Crippen LogP contribution is 2.56. The molecule has 3 saturated carbocycles. The van der Waals surface area contributed by atoms with Crippen molar-refractivity contribution in [3.05, 3.63) is 240 Å².